The summed E-state index contributed by atoms with van der Waals surface area (Å²) < 4.78 is 12.5. The molecule has 0 saturated carbocycles. The van der Waals surface area contributed by atoms with Gasteiger partial charge >= 0.3 is 0 Å². The highest BCUT2D eigenvalue weighted by atomic mass is 79.9. The topological polar surface area (TPSA) is 38.8 Å². The number of benzene rings is 2. The molecule has 1 aliphatic heterocycles. The zero-order valence-electron chi connectivity index (χ0n) is 15.2. The van der Waals surface area contributed by atoms with Crippen LogP contribution in [-0.4, -0.2) is 23.4 Å². The Morgan fingerprint density at radius 3 is 2.61 bits per heavy atom. The van der Waals surface area contributed by atoms with Crippen molar-refractivity contribution in [3.63, 3.8) is 0 Å². The number of carbonyl (C=O) groups is 1. The quantitative estimate of drug-likeness (QED) is 0.345. The number of thiocarbonyl (C=S) groups is 1. The summed E-state index contributed by atoms with van der Waals surface area (Å²) in [7, 11) is 0. The lowest BCUT2D eigenvalue weighted by atomic mass is 10.1. The van der Waals surface area contributed by atoms with E-state index >= 15 is 0 Å². The maximum Gasteiger partial charge on any atom is 0.270 e. The van der Waals surface area contributed by atoms with E-state index in [1.165, 1.54) is 16.7 Å². The van der Waals surface area contributed by atoms with Crippen molar-refractivity contribution in [2.24, 2.45) is 0 Å². The monoisotopic (exact) mass is 497 g/mol. The molecule has 4 nitrogen and oxygen atoms in total. The first-order valence-electron chi connectivity index (χ1n) is 8.57. The number of carbonyl (C=O) groups excluding carboxylic acids is 1. The average Bonchev–Trinajstić information content (AvgIpc) is 2.93. The van der Waals surface area contributed by atoms with E-state index in [-0.39, 0.29) is 5.91 Å². The van der Waals surface area contributed by atoms with Crippen LogP contribution in [0.25, 0.3) is 6.08 Å². The van der Waals surface area contributed by atoms with E-state index in [2.05, 4.69) is 15.9 Å². The van der Waals surface area contributed by atoms with Gasteiger partial charge in [-0.05, 0) is 66.2 Å². The van der Waals surface area contributed by atoms with Crippen LogP contribution in [-0.2, 0) is 4.79 Å². The van der Waals surface area contributed by atoms with Crippen molar-refractivity contribution in [1.82, 2.24) is 0 Å². The number of thioether (sulfide) groups is 1. The van der Waals surface area contributed by atoms with Gasteiger partial charge in [0.25, 0.3) is 5.91 Å². The molecule has 2 aromatic rings. The largest absolute Gasteiger partial charge is 0.494 e. The Morgan fingerprint density at radius 2 is 1.93 bits per heavy atom. The number of hydrogen-bond donors (Lipinski definition) is 0. The fraction of sp³-hybridized carbons (Fsp3) is 0.200. The van der Waals surface area contributed by atoms with Gasteiger partial charge in [-0.1, -0.05) is 35.6 Å². The van der Waals surface area contributed by atoms with Crippen LogP contribution in [0.4, 0.5) is 5.69 Å². The second-order valence-corrected chi connectivity index (χ2v) is 8.62. The molecule has 0 atom stereocenters. The van der Waals surface area contributed by atoms with Crippen molar-refractivity contribution in [2.45, 2.75) is 13.8 Å². The van der Waals surface area contributed by atoms with Crippen molar-refractivity contribution in [3.8, 4) is 11.5 Å². The van der Waals surface area contributed by atoms with Crippen LogP contribution in [0.15, 0.2) is 45.8 Å². The van der Waals surface area contributed by atoms with E-state index < -0.39 is 0 Å². The lowest BCUT2D eigenvalue weighted by Crippen LogP contribution is -2.27. The Kier molecular flexibility index (Phi) is 7.04. The standard InChI is InChI=1S/C20H17BrClNO3S2/c1-3-25-14-7-5-12(17(11-14)26-4-2)9-18-19(24)23(20(27)28-18)13-6-8-15(21)16(22)10-13/h5-11H,3-4H2,1-2H3/b18-9+. The molecule has 146 valence electrons. The van der Waals surface area contributed by atoms with Crippen molar-refractivity contribution < 1.29 is 14.3 Å². The molecule has 0 unspecified atom stereocenters. The molecule has 1 heterocycles. The van der Waals surface area contributed by atoms with Crippen LogP contribution in [0.1, 0.15) is 19.4 Å². The minimum Gasteiger partial charge on any atom is -0.494 e. The van der Waals surface area contributed by atoms with Crippen LogP contribution >= 0.6 is 51.5 Å². The predicted octanol–water partition coefficient (Wildman–Crippen LogP) is 6.31. The molecule has 1 fully saturated rings. The van der Waals surface area contributed by atoms with E-state index in [4.69, 9.17) is 33.3 Å². The highest BCUT2D eigenvalue weighted by molar-refractivity contribution is 9.10. The van der Waals surface area contributed by atoms with Gasteiger partial charge in [-0.2, -0.15) is 0 Å². The van der Waals surface area contributed by atoms with Crippen LogP contribution in [0, 0.1) is 0 Å². The lowest BCUT2D eigenvalue weighted by molar-refractivity contribution is -0.113. The molecular formula is C20H17BrClNO3S2. The zero-order chi connectivity index (χ0) is 20.3. The summed E-state index contributed by atoms with van der Waals surface area (Å²) in [6.45, 7) is 4.91. The summed E-state index contributed by atoms with van der Waals surface area (Å²) in [4.78, 5) is 15.0. The second-order valence-electron chi connectivity index (χ2n) is 5.68. The molecule has 28 heavy (non-hydrogen) atoms. The van der Waals surface area contributed by atoms with E-state index in [0.717, 1.165) is 15.8 Å². The third-order valence-corrected chi connectivity index (χ3v) is 6.37. The van der Waals surface area contributed by atoms with Crippen molar-refractivity contribution in [1.29, 1.82) is 0 Å². The SMILES string of the molecule is CCOc1ccc(/C=C2/SC(=S)N(c3ccc(Br)c(Cl)c3)C2=O)c(OCC)c1. The summed E-state index contributed by atoms with van der Waals surface area (Å²) in [6.07, 6.45) is 1.79. The first-order chi connectivity index (χ1) is 13.4. The highest BCUT2D eigenvalue weighted by Crippen LogP contribution is 2.39. The van der Waals surface area contributed by atoms with Gasteiger partial charge in [0.2, 0.25) is 0 Å². The molecule has 0 bridgehead atoms. The number of halogens is 2. The molecule has 2 aromatic carbocycles. The maximum atomic E-state index is 13.0. The highest BCUT2D eigenvalue weighted by Gasteiger charge is 2.33. The van der Waals surface area contributed by atoms with Crippen molar-refractivity contribution in [2.75, 3.05) is 18.1 Å². The van der Waals surface area contributed by atoms with Gasteiger partial charge in [0.15, 0.2) is 4.32 Å². The smallest absolute Gasteiger partial charge is 0.270 e. The zero-order valence-corrected chi connectivity index (χ0v) is 19.2. The Morgan fingerprint density at radius 1 is 1.18 bits per heavy atom. The van der Waals surface area contributed by atoms with E-state index in [0.29, 0.717) is 38.9 Å². The molecule has 0 spiro atoms. The Bertz CT molecular complexity index is 964. The molecule has 1 aliphatic rings. The average molecular weight is 499 g/mol. The second kappa shape index (κ2) is 9.31. The first kappa shape index (κ1) is 21.2. The normalized spacial score (nSPS) is 15.4. The van der Waals surface area contributed by atoms with Gasteiger partial charge < -0.3 is 9.47 Å². The van der Waals surface area contributed by atoms with Gasteiger partial charge in [-0.15, -0.1) is 0 Å². The van der Waals surface area contributed by atoms with E-state index in [1.807, 2.05) is 32.0 Å². The number of amides is 1. The van der Waals surface area contributed by atoms with E-state index in [9.17, 15) is 4.79 Å². The fourth-order valence-electron chi connectivity index (χ4n) is 2.63. The van der Waals surface area contributed by atoms with Gasteiger partial charge in [0, 0.05) is 16.1 Å². The third-order valence-electron chi connectivity index (χ3n) is 3.84. The first-order valence-corrected chi connectivity index (χ1v) is 11.0. The Balaban J connectivity index is 1.94. The Hall–Kier alpha value is -1.54. The number of nitrogens with zero attached hydrogens (tertiary/aromatic N) is 1. The minimum atomic E-state index is -0.190. The number of ether oxygens (including phenoxy) is 2. The van der Waals surface area contributed by atoms with Gasteiger partial charge in [0.1, 0.15) is 11.5 Å². The van der Waals surface area contributed by atoms with Gasteiger partial charge in [-0.3, -0.25) is 9.69 Å². The maximum absolute atomic E-state index is 13.0. The summed E-state index contributed by atoms with van der Waals surface area (Å²) >= 11 is 16.2. The molecule has 8 heteroatoms. The van der Waals surface area contributed by atoms with Gasteiger partial charge in [0.05, 0.1) is 28.8 Å². The summed E-state index contributed by atoms with van der Waals surface area (Å²) in [6, 6.07) is 10.9. The number of hydrogen-bond acceptors (Lipinski definition) is 5. The van der Waals surface area contributed by atoms with Crippen LogP contribution < -0.4 is 14.4 Å². The molecule has 0 N–H and O–H groups in total. The molecular weight excluding hydrogens is 482 g/mol. The molecule has 1 amide bonds. The lowest BCUT2D eigenvalue weighted by Gasteiger charge is -2.15. The third kappa shape index (κ3) is 4.54. The molecule has 0 aromatic heterocycles. The fourth-order valence-corrected chi connectivity index (χ4v) is 4.34. The number of anilines is 1. The minimum absolute atomic E-state index is 0.190. The Labute approximate surface area is 187 Å². The predicted molar refractivity (Wildman–Crippen MR) is 124 cm³/mol. The van der Waals surface area contributed by atoms with E-state index in [1.54, 1.807) is 24.3 Å². The molecule has 3 rings (SSSR count). The molecule has 1 saturated heterocycles. The summed E-state index contributed by atoms with van der Waals surface area (Å²) in [5.74, 6) is 1.19. The molecule has 0 aliphatic carbocycles. The van der Waals surface area contributed by atoms with Crippen LogP contribution in [0.3, 0.4) is 0 Å². The number of rotatable bonds is 6. The van der Waals surface area contributed by atoms with Crippen molar-refractivity contribution in [3.05, 3.63) is 56.4 Å². The van der Waals surface area contributed by atoms with Gasteiger partial charge in [-0.25, -0.2) is 0 Å². The van der Waals surface area contributed by atoms with Crippen LogP contribution in [0.2, 0.25) is 5.02 Å². The summed E-state index contributed by atoms with van der Waals surface area (Å²) in [5.41, 5.74) is 1.43. The van der Waals surface area contributed by atoms with Crippen LogP contribution in [0.5, 0.6) is 11.5 Å². The van der Waals surface area contributed by atoms with Crippen molar-refractivity contribution >= 4 is 73.5 Å². The summed E-state index contributed by atoms with van der Waals surface area (Å²) in [5, 5.41) is 0.515. The molecule has 0 radical (unpaired) electrons.